The van der Waals surface area contributed by atoms with Crippen molar-refractivity contribution < 1.29 is 14.3 Å². The molecule has 2 N–H and O–H groups in total. The molecule has 0 saturated carbocycles. The fourth-order valence-electron chi connectivity index (χ4n) is 2.97. The van der Waals surface area contributed by atoms with Crippen molar-refractivity contribution in [3.63, 3.8) is 0 Å². The van der Waals surface area contributed by atoms with E-state index in [4.69, 9.17) is 4.74 Å². The van der Waals surface area contributed by atoms with Crippen molar-refractivity contribution in [2.45, 2.75) is 32.6 Å². The highest BCUT2D eigenvalue weighted by molar-refractivity contribution is 7.17. The molecular weight excluding hydrogens is 336 g/mol. The maximum Gasteiger partial charge on any atom is 0.262 e. The molecule has 0 bridgehead atoms. The Bertz CT molecular complexity index is 756. The first kappa shape index (κ1) is 17.5. The summed E-state index contributed by atoms with van der Waals surface area (Å²) in [5, 5.41) is 6.36. The van der Waals surface area contributed by atoms with Gasteiger partial charge in [-0.25, -0.2) is 0 Å². The number of hydrogen-bond acceptors (Lipinski definition) is 4. The number of amides is 2. The van der Waals surface area contributed by atoms with Crippen LogP contribution in [-0.4, -0.2) is 25.0 Å². The Morgan fingerprint density at radius 3 is 2.68 bits per heavy atom. The fourth-order valence-corrected chi connectivity index (χ4v) is 4.27. The number of anilines is 1. The SMILES string of the molecule is CCNC(=O)c1c(NC(=O)COc2ccccc2)sc2c1CCCC2. The standard InChI is InChI=1S/C19H22N2O3S/c1-2-20-18(23)17-14-10-6-7-11-15(14)25-19(17)21-16(22)12-24-13-8-4-3-5-9-13/h3-5,8-9H,2,6-7,10-12H2,1H3,(H,20,23)(H,21,22). The Balaban J connectivity index is 1.73. The van der Waals surface area contributed by atoms with Crippen LogP contribution in [0.15, 0.2) is 30.3 Å². The Hall–Kier alpha value is -2.34. The number of fused-ring (bicyclic) bond motifs is 1. The second-order valence-electron chi connectivity index (χ2n) is 5.92. The number of thiophene rings is 1. The van der Waals surface area contributed by atoms with Crippen LogP contribution < -0.4 is 15.4 Å². The van der Waals surface area contributed by atoms with E-state index in [9.17, 15) is 9.59 Å². The van der Waals surface area contributed by atoms with E-state index < -0.39 is 0 Å². The van der Waals surface area contributed by atoms with Crippen molar-refractivity contribution in [1.29, 1.82) is 0 Å². The summed E-state index contributed by atoms with van der Waals surface area (Å²) in [4.78, 5) is 26.0. The quantitative estimate of drug-likeness (QED) is 0.832. The van der Waals surface area contributed by atoms with E-state index in [0.29, 0.717) is 22.9 Å². The van der Waals surface area contributed by atoms with Crippen molar-refractivity contribution in [2.75, 3.05) is 18.5 Å². The third-order valence-electron chi connectivity index (χ3n) is 4.10. The molecule has 5 nitrogen and oxygen atoms in total. The highest BCUT2D eigenvalue weighted by atomic mass is 32.1. The zero-order chi connectivity index (χ0) is 17.6. The van der Waals surface area contributed by atoms with E-state index in [0.717, 1.165) is 31.2 Å². The Morgan fingerprint density at radius 2 is 1.92 bits per heavy atom. The Kier molecular flexibility index (Phi) is 5.71. The molecule has 1 heterocycles. The molecule has 0 atom stereocenters. The molecule has 132 valence electrons. The third-order valence-corrected chi connectivity index (χ3v) is 5.31. The minimum absolute atomic E-state index is 0.0819. The molecule has 0 radical (unpaired) electrons. The molecule has 1 aromatic carbocycles. The first-order valence-corrected chi connectivity index (χ1v) is 9.41. The van der Waals surface area contributed by atoms with Gasteiger partial charge in [0.2, 0.25) is 0 Å². The normalized spacial score (nSPS) is 13.0. The smallest absolute Gasteiger partial charge is 0.262 e. The van der Waals surface area contributed by atoms with Gasteiger partial charge in [0.25, 0.3) is 11.8 Å². The maximum atomic E-state index is 12.5. The minimum Gasteiger partial charge on any atom is -0.484 e. The molecule has 2 amide bonds. The second-order valence-corrected chi connectivity index (χ2v) is 7.03. The van der Waals surface area contributed by atoms with Gasteiger partial charge in [-0.3, -0.25) is 9.59 Å². The highest BCUT2D eigenvalue weighted by Crippen LogP contribution is 2.38. The van der Waals surface area contributed by atoms with Crippen LogP contribution >= 0.6 is 11.3 Å². The maximum absolute atomic E-state index is 12.5. The molecule has 0 spiro atoms. The number of para-hydroxylation sites is 1. The molecule has 6 heteroatoms. The largest absolute Gasteiger partial charge is 0.484 e. The molecule has 3 rings (SSSR count). The number of carbonyl (C=O) groups is 2. The predicted molar refractivity (Wildman–Crippen MR) is 99.5 cm³/mol. The summed E-state index contributed by atoms with van der Waals surface area (Å²) in [5.74, 6) is 0.279. The van der Waals surface area contributed by atoms with Gasteiger partial charge in [0.15, 0.2) is 6.61 Å². The van der Waals surface area contributed by atoms with Crippen molar-refractivity contribution in [1.82, 2.24) is 5.32 Å². The summed E-state index contributed by atoms with van der Waals surface area (Å²) in [6.07, 6.45) is 4.09. The molecule has 0 fully saturated rings. The lowest BCUT2D eigenvalue weighted by atomic mass is 9.95. The Labute approximate surface area is 151 Å². The van der Waals surface area contributed by atoms with Crippen molar-refractivity contribution >= 4 is 28.2 Å². The van der Waals surface area contributed by atoms with Crippen LogP contribution in [0.5, 0.6) is 5.75 Å². The molecule has 1 aliphatic rings. The van der Waals surface area contributed by atoms with E-state index in [2.05, 4.69) is 10.6 Å². The number of carbonyl (C=O) groups excluding carboxylic acids is 2. The van der Waals surface area contributed by atoms with Crippen LogP contribution in [0.3, 0.4) is 0 Å². The average Bonchev–Trinajstić information content (AvgIpc) is 2.99. The molecular formula is C19H22N2O3S. The van der Waals surface area contributed by atoms with Gasteiger partial charge in [0, 0.05) is 11.4 Å². The molecule has 1 aliphatic carbocycles. The van der Waals surface area contributed by atoms with E-state index in [1.165, 1.54) is 16.2 Å². The summed E-state index contributed by atoms with van der Waals surface area (Å²) < 4.78 is 5.48. The first-order chi connectivity index (χ1) is 12.2. The van der Waals surface area contributed by atoms with Gasteiger partial charge in [-0.15, -0.1) is 11.3 Å². The van der Waals surface area contributed by atoms with Gasteiger partial charge < -0.3 is 15.4 Å². The zero-order valence-electron chi connectivity index (χ0n) is 14.3. The van der Waals surface area contributed by atoms with Crippen LogP contribution in [0.2, 0.25) is 0 Å². The van der Waals surface area contributed by atoms with Crippen LogP contribution in [0.4, 0.5) is 5.00 Å². The summed E-state index contributed by atoms with van der Waals surface area (Å²) >= 11 is 1.52. The number of benzene rings is 1. The second kappa shape index (κ2) is 8.16. The molecule has 2 aromatic rings. The minimum atomic E-state index is -0.256. The van der Waals surface area contributed by atoms with Crippen molar-refractivity contribution in [2.24, 2.45) is 0 Å². The number of hydrogen-bond donors (Lipinski definition) is 2. The Morgan fingerprint density at radius 1 is 1.16 bits per heavy atom. The number of aryl methyl sites for hydroxylation is 1. The monoisotopic (exact) mass is 358 g/mol. The number of nitrogens with one attached hydrogen (secondary N) is 2. The van der Waals surface area contributed by atoms with Gasteiger partial charge in [0.1, 0.15) is 10.8 Å². The highest BCUT2D eigenvalue weighted by Gasteiger charge is 2.26. The van der Waals surface area contributed by atoms with Crippen molar-refractivity contribution in [3.05, 3.63) is 46.3 Å². The molecule has 25 heavy (non-hydrogen) atoms. The summed E-state index contributed by atoms with van der Waals surface area (Å²) in [7, 11) is 0. The topological polar surface area (TPSA) is 67.4 Å². The third kappa shape index (κ3) is 4.20. The lowest BCUT2D eigenvalue weighted by Crippen LogP contribution is -2.26. The molecule has 0 saturated heterocycles. The fraction of sp³-hybridized carbons (Fsp3) is 0.368. The van der Waals surface area contributed by atoms with E-state index in [-0.39, 0.29) is 18.4 Å². The van der Waals surface area contributed by atoms with E-state index in [1.54, 1.807) is 12.1 Å². The molecule has 0 aliphatic heterocycles. The molecule has 0 unspecified atom stereocenters. The van der Waals surface area contributed by atoms with Crippen molar-refractivity contribution in [3.8, 4) is 5.75 Å². The lowest BCUT2D eigenvalue weighted by Gasteiger charge is -2.13. The lowest BCUT2D eigenvalue weighted by molar-refractivity contribution is -0.118. The van der Waals surface area contributed by atoms with Crippen LogP contribution in [-0.2, 0) is 17.6 Å². The first-order valence-electron chi connectivity index (χ1n) is 8.59. The average molecular weight is 358 g/mol. The predicted octanol–water partition coefficient (Wildman–Crippen LogP) is 3.39. The number of rotatable bonds is 6. The number of ether oxygens (including phenoxy) is 1. The van der Waals surface area contributed by atoms with Crippen LogP contribution in [0, 0.1) is 0 Å². The molecule has 1 aromatic heterocycles. The van der Waals surface area contributed by atoms with Gasteiger partial charge >= 0.3 is 0 Å². The van der Waals surface area contributed by atoms with Gasteiger partial charge in [-0.1, -0.05) is 18.2 Å². The van der Waals surface area contributed by atoms with Gasteiger partial charge in [-0.2, -0.15) is 0 Å². The van der Waals surface area contributed by atoms with E-state index >= 15 is 0 Å². The summed E-state index contributed by atoms with van der Waals surface area (Å²) in [6.45, 7) is 2.37. The summed E-state index contributed by atoms with van der Waals surface area (Å²) in [5.41, 5.74) is 1.73. The van der Waals surface area contributed by atoms with Gasteiger partial charge in [-0.05, 0) is 50.3 Å². The van der Waals surface area contributed by atoms with E-state index in [1.807, 2.05) is 25.1 Å². The summed E-state index contributed by atoms with van der Waals surface area (Å²) in [6, 6.07) is 9.21. The zero-order valence-corrected chi connectivity index (χ0v) is 15.1. The van der Waals surface area contributed by atoms with Crippen LogP contribution in [0.25, 0.3) is 0 Å². The van der Waals surface area contributed by atoms with Crippen LogP contribution in [0.1, 0.15) is 40.6 Å². The van der Waals surface area contributed by atoms with Gasteiger partial charge in [0.05, 0.1) is 5.56 Å².